The molecule has 1 atom stereocenters. The molecule has 0 heterocycles. The van der Waals surface area contributed by atoms with E-state index in [1.54, 1.807) is 30.3 Å². The number of nitrogens with one attached hydrogen (secondary N) is 1. The first-order chi connectivity index (χ1) is 9.95. The van der Waals surface area contributed by atoms with Crippen LogP contribution < -0.4 is 11.1 Å². The topological polar surface area (TPSA) is 72.2 Å². The van der Waals surface area contributed by atoms with Crippen LogP contribution >= 0.6 is 15.9 Å². The maximum absolute atomic E-state index is 12.2. The first-order valence-electron chi connectivity index (χ1n) is 6.25. The lowest BCUT2D eigenvalue weighted by molar-refractivity contribution is -0.113. The molecule has 2 aromatic carbocycles. The number of hydrogen-bond donors (Lipinski definition) is 2. The second kappa shape index (κ2) is 6.87. The van der Waals surface area contributed by atoms with Gasteiger partial charge in [0.15, 0.2) is 0 Å². The van der Waals surface area contributed by atoms with E-state index in [-0.39, 0.29) is 11.7 Å². The van der Waals surface area contributed by atoms with E-state index < -0.39 is 10.8 Å². The van der Waals surface area contributed by atoms with E-state index in [1.165, 1.54) is 0 Å². The summed E-state index contributed by atoms with van der Waals surface area (Å²) < 4.78 is 13.1. The molecule has 1 unspecified atom stereocenters. The van der Waals surface area contributed by atoms with Crippen molar-refractivity contribution >= 4 is 44.0 Å². The minimum absolute atomic E-state index is 0.0839. The molecule has 0 aromatic heterocycles. The van der Waals surface area contributed by atoms with Crippen molar-refractivity contribution in [2.75, 3.05) is 16.8 Å². The second-order valence-corrected chi connectivity index (χ2v) is 6.93. The molecule has 2 rings (SSSR count). The molecule has 0 bridgehead atoms. The summed E-state index contributed by atoms with van der Waals surface area (Å²) in [5.41, 5.74) is 7.90. The van der Waals surface area contributed by atoms with Gasteiger partial charge in [-0.25, -0.2) is 0 Å². The number of rotatable bonds is 4. The molecule has 3 N–H and O–H groups in total. The highest BCUT2D eigenvalue weighted by molar-refractivity contribution is 9.10. The Labute approximate surface area is 134 Å². The lowest BCUT2D eigenvalue weighted by Crippen LogP contribution is -2.19. The first-order valence-corrected chi connectivity index (χ1v) is 8.37. The quantitative estimate of drug-likeness (QED) is 0.816. The zero-order valence-corrected chi connectivity index (χ0v) is 13.8. The summed E-state index contributed by atoms with van der Waals surface area (Å²) in [6.07, 6.45) is 0. The van der Waals surface area contributed by atoms with Gasteiger partial charge in [0.05, 0.1) is 10.8 Å². The van der Waals surface area contributed by atoms with E-state index in [2.05, 4.69) is 21.2 Å². The largest absolute Gasteiger partial charge is 0.399 e. The van der Waals surface area contributed by atoms with Gasteiger partial charge in [0.2, 0.25) is 5.91 Å². The molecular formula is C15H15BrN2O2S. The van der Waals surface area contributed by atoms with Crippen LogP contribution in [-0.2, 0) is 15.6 Å². The molecular weight excluding hydrogens is 352 g/mol. The van der Waals surface area contributed by atoms with E-state index in [9.17, 15) is 9.00 Å². The number of hydrogen-bond acceptors (Lipinski definition) is 3. The Morgan fingerprint density at radius 1 is 1.24 bits per heavy atom. The first kappa shape index (κ1) is 15.7. The van der Waals surface area contributed by atoms with E-state index in [0.717, 1.165) is 10.0 Å². The second-order valence-electron chi connectivity index (χ2n) is 4.56. The number of carbonyl (C=O) groups excluding carboxylic acids is 1. The number of carbonyl (C=O) groups is 1. The summed E-state index contributed by atoms with van der Waals surface area (Å²) in [5, 5.41) is 2.72. The number of anilines is 2. The highest BCUT2D eigenvalue weighted by Crippen LogP contribution is 2.17. The Bertz CT molecular complexity index is 687. The van der Waals surface area contributed by atoms with Crippen molar-refractivity contribution in [3.8, 4) is 0 Å². The lowest BCUT2D eigenvalue weighted by atomic mass is 10.2. The fourth-order valence-electron chi connectivity index (χ4n) is 1.72. The third-order valence-electron chi connectivity index (χ3n) is 2.89. The number of benzene rings is 2. The highest BCUT2D eigenvalue weighted by atomic mass is 79.9. The molecule has 6 heteroatoms. The van der Waals surface area contributed by atoms with Crippen molar-refractivity contribution < 1.29 is 9.00 Å². The summed E-state index contributed by atoms with van der Waals surface area (Å²) >= 11 is 3.32. The molecule has 1 amide bonds. The van der Waals surface area contributed by atoms with Gasteiger partial charge in [0, 0.05) is 20.7 Å². The van der Waals surface area contributed by atoms with Crippen LogP contribution in [0.1, 0.15) is 5.56 Å². The van der Waals surface area contributed by atoms with E-state index in [0.29, 0.717) is 16.3 Å². The van der Waals surface area contributed by atoms with Crippen molar-refractivity contribution in [1.29, 1.82) is 0 Å². The number of nitrogens with two attached hydrogens (primary N) is 1. The minimum Gasteiger partial charge on any atom is -0.399 e. The van der Waals surface area contributed by atoms with Crippen molar-refractivity contribution in [3.05, 3.63) is 52.5 Å². The number of aryl methyl sites for hydroxylation is 1. The van der Waals surface area contributed by atoms with Crippen molar-refractivity contribution in [3.63, 3.8) is 0 Å². The fraction of sp³-hybridized carbons (Fsp3) is 0.133. The van der Waals surface area contributed by atoms with Gasteiger partial charge in [-0.05, 0) is 55.0 Å². The predicted molar refractivity (Wildman–Crippen MR) is 89.6 cm³/mol. The van der Waals surface area contributed by atoms with E-state index >= 15 is 0 Å². The molecule has 0 radical (unpaired) electrons. The van der Waals surface area contributed by atoms with Crippen LogP contribution in [0.15, 0.2) is 51.8 Å². The Hall–Kier alpha value is -1.66. The predicted octanol–water partition coefficient (Wildman–Crippen LogP) is 3.09. The molecule has 110 valence electrons. The normalized spacial score (nSPS) is 11.9. The van der Waals surface area contributed by atoms with Gasteiger partial charge in [-0.15, -0.1) is 0 Å². The third-order valence-corrected chi connectivity index (χ3v) is 4.73. The highest BCUT2D eigenvalue weighted by Gasteiger charge is 2.11. The molecule has 0 saturated heterocycles. The smallest absolute Gasteiger partial charge is 0.237 e. The van der Waals surface area contributed by atoms with Crippen molar-refractivity contribution in [1.82, 2.24) is 0 Å². The van der Waals surface area contributed by atoms with Crippen LogP contribution in [0.2, 0.25) is 0 Å². The molecule has 0 aliphatic rings. The summed E-state index contributed by atoms with van der Waals surface area (Å²) in [6.45, 7) is 1.85. The van der Waals surface area contributed by atoms with E-state index in [4.69, 9.17) is 5.73 Å². The molecule has 0 spiro atoms. The molecule has 2 aromatic rings. The van der Waals surface area contributed by atoms with Crippen LogP contribution in [0.25, 0.3) is 0 Å². The van der Waals surface area contributed by atoms with Gasteiger partial charge in [-0.1, -0.05) is 15.9 Å². The molecule has 4 nitrogen and oxygen atoms in total. The SMILES string of the molecule is Cc1cc(S(=O)CC(=O)Nc2ccc(Br)cc2)ccc1N. The summed E-state index contributed by atoms with van der Waals surface area (Å²) in [6, 6.07) is 12.3. The number of halogens is 1. The monoisotopic (exact) mass is 366 g/mol. The van der Waals surface area contributed by atoms with Crippen LogP contribution in [0.5, 0.6) is 0 Å². The van der Waals surface area contributed by atoms with Crippen LogP contribution in [0, 0.1) is 6.92 Å². The van der Waals surface area contributed by atoms with Crippen molar-refractivity contribution in [2.24, 2.45) is 0 Å². The number of nitrogen functional groups attached to an aromatic ring is 1. The Morgan fingerprint density at radius 2 is 1.90 bits per heavy atom. The number of amides is 1. The average molecular weight is 367 g/mol. The molecule has 0 aliphatic heterocycles. The maximum Gasteiger partial charge on any atom is 0.237 e. The van der Waals surface area contributed by atoms with Gasteiger partial charge in [-0.2, -0.15) is 0 Å². The standard InChI is InChI=1S/C15H15BrN2O2S/c1-10-8-13(6-7-14(10)17)21(20)9-15(19)18-12-4-2-11(16)3-5-12/h2-8H,9,17H2,1H3,(H,18,19). The zero-order chi connectivity index (χ0) is 15.4. The minimum atomic E-state index is -1.39. The maximum atomic E-state index is 12.2. The summed E-state index contributed by atoms with van der Waals surface area (Å²) in [7, 11) is -1.39. The van der Waals surface area contributed by atoms with Crippen LogP contribution in [-0.4, -0.2) is 15.9 Å². The van der Waals surface area contributed by atoms with E-state index in [1.807, 2.05) is 19.1 Å². The summed E-state index contributed by atoms with van der Waals surface area (Å²) in [4.78, 5) is 12.5. The van der Waals surface area contributed by atoms with Gasteiger partial charge >= 0.3 is 0 Å². The van der Waals surface area contributed by atoms with Crippen LogP contribution in [0.3, 0.4) is 0 Å². The molecule has 0 fully saturated rings. The van der Waals surface area contributed by atoms with Gasteiger partial charge in [0.1, 0.15) is 5.75 Å². The summed E-state index contributed by atoms with van der Waals surface area (Å²) in [5.74, 6) is -0.371. The Balaban J connectivity index is 2.00. The van der Waals surface area contributed by atoms with Gasteiger partial charge in [-0.3, -0.25) is 9.00 Å². The third kappa shape index (κ3) is 4.41. The lowest BCUT2D eigenvalue weighted by Gasteiger charge is -2.07. The molecule has 21 heavy (non-hydrogen) atoms. The zero-order valence-electron chi connectivity index (χ0n) is 11.4. The van der Waals surface area contributed by atoms with Crippen LogP contribution in [0.4, 0.5) is 11.4 Å². The van der Waals surface area contributed by atoms with Gasteiger partial charge in [0.25, 0.3) is 0 Å². The Morgan fingerprint density at radius 3 is 2.52 bits per heavy atom. The van der Waals surface area contributed by atoms with Crippen molar-refractivity contribution in [2.45, 2.75) is 11.8 Å². The average Bonchev–Trinajstić information content (AvgIpc) is 2.44. The molecule has 0 saturated carbocycles. The fourth-order valence-corrected chi connectivity index (χ4v) is 2.99. The van der Waals surface area contributed by atoms with Gasteiger partial charge < -0.3 is 11.1 Å². The molecule has 0 aliphatic carbocycles. The Kier molecular flexibility index (Phi) is 5.14.